The lowest BCUT2D eigenvalue weighted by atomic mass is 10.1. The van der Waals surface area contributed by atoms with Gasteiger partial charge in [0.15, 0.2) is 0 Å². The summed E-state index contributed by atoms with van der Waals surface area (Å²) in [4.78, 5) is 10.8. The van der Waals surface area contributed by atoms with Crippen LogP contribution in [0, 0.1) is 0 Å². The number of rotatable bonds is 9. The van der Waals surface area contributed by atoms with Gasteiger partial charge in [-0.3, -0.25) is 0 Å². The van der Waals surface area contributed by atoms with Gasteiger partial charge in [-0.2, -0.15) is 0 Å². The van der Waals surface area contributed by atoms with Crippen LogP contribution in [0.5, 0.6) is 0 Å². The number of carboxylic acid groups (broad SMARTS) is 1. The van der Waals surface area contributed by atoms with E-state index in [9.17, 15) is 4.79 Å². The maximum absolute atomic E-state index is 10.8. The van der Waals surface area contributed by atoms with Crippen LogP contribution in [0.1, 0.15) is 48.7 Å². The normalized spacial score (nSPS) is 10.8. The standard InChI is InChI=1S/C18H23NO3/c1-2-3-4-5-12-19-13-16-10-11-17(22-16)14-6-8-15(9-7-14)18(20)21/h6-11,19H,2-5,12-13H2,1H3,(H,20,21). The number of hydrogen-bond acceptors (Lipinski definition) is 3. The number of benzene rings is 1. The zero-order chi connectivity index (χ0) is 15.8. The second-order valence-electron chi connectivity index (χ2n) is 5.39. The van der Waals surface area contributed by atoms with Crippen LogP contribution in [0.25, 0.3) is 11.3 Å². The predicted molar refractivity (Wildman–Crippen MR) is 87.0 cm³/mol. The molecule has 0 aliphatic rings. The molecule has 0 saturated carbocycles. The number of furan rings is 1. The van der Waals surface area contributed by atoms with Crippen molar-refractivity contribution in [1.29, 1.82) is 0 Å². The minimum atomic E-state index is -0.918. The molecule has 2 N–H and O–H groups in total. The number of hydrogen-bond donors (Lipinski definition) is 2. The summed E-state index contributed by atoms with van der Waals surface area (Å²) in [6.07, 6.45) is 5.00. The Morgan fingerprint density at radius 3 is 2.55 bits per heavy atom. The highest BCUT2D eigenvalue weighted by molar-refractivity contribution is 5.88. The number of carboxylic acids is 1. The first-order chi connectivity index (χ1) is 10.7. The fourth-order valence-electron chi connectivity index (χ4n) is 2.29. The van der Waals surface area contributed by atoms with E-state index in [1.165, 1.54) is 25.7 Å². The Morgan fingerprint density at radius 2 is 1.86 bits per heavy atom. The minimum Gasteiger partial charge on any atom is -0.478 e. The third kappa shape index (κ3) is 4.74. The highest BCUT2D eigenvalue weighted by atomic mass is 16.4. The number of carbonyl (C=O) groups is 1. The summed E-state index contributed by atoms with van der Waals surface area (Å²) in [5, 5.41) is 12.3. The third-order valence-corrected chi connectivity index (χ3v) is 3.58. The van der Waals surface area contributed by atoms with E-state index in [1.54, 1.807) is 24.3 Å². The van der Waals surface area contributed by atoms with Crippen LogP contribution in [-0.2, 0) is 6.54 Å². The van der Waals surface area contributed by atoms with E-state index < -0.39 is 5.97 Å². The second-order valence-corrected chi connectivity index (χ2v) is 5.39. The molecule has 0 radical (unpaired) electrons. The highest BCUT2D eigenvalue weighted by Gasteiger charge is 2.07. The molecule has 2 aromatic rings. The second kappa shape index (κ2) is 8.39. The van der Waals surface area contributed by atoms with Gasteiger partial charge in [0, 0.05) is 5.56 Å². The summed E-state index contributed by atoms with van der Waals surface area (Å²) in [6.45, 7) is 3.93. The summed E-state index contributed by atoms with van der Waals surface area (Å²) in [5.74, 6) is 0.742. The van der Waals surface area contributed by atoms with Crippen molar-refractivity contribution in [3.63, 3.8) is 0 Å². The Morgan fingerprint density at radius 1 is 1.09 bits per heavy atom. The molecule has 0 amide bonds. The molecule has 1 aromatic carbocycles. The lowest BCUT2D eigenvalue weighted by Gasteiger charge is -2.02. The molecule has 0 fully saturated rings. The summed E-state index contributed by atoms with van der Waals surface area (Å²) < 4.78 is 5.79. The molecular weight excluding hydrogens is 278 g/mol. The average Bonchev–Trinajstić information content (AvgIpc) is 3.00. The van der Waals surface area contributed by atoms with Crippen LogP contribution in [0.4, 0.5) is 0 Å². The van der Waals surface area contributed by atoms with Gasteiger partial charge >= 0.3 is 5.97 Å². The third-order valence-electron chi connectivity index (χ3n) is 3.58. The van der Waals surface area contributed by atoms with Gasteiger partial charge in [-0.15, -0.1) is 0 Å². The number of aromatic carboxylic acids is 1. The van der Waals surface area contributed by atoms with Crippen LogP contribution in [0.3, 0.4) is 0 Å². The van der Waals surface area contributed by atoms with E-state index in [-0.39, 0.29) is 5.56 Å². The first-order valence-corrected chi connectivity index (χ1v) is 7.84. The van der Waals surface area contributed by atoms with Crippen LogP contribution < -0.4 is 5.32 Å². The Bertz CT molecular complexity index is 587. The molecule has 22 heavy (non-hydrogen) atoms. The monoisotopic (exact) mass is 301 g/mol. The zero-order valence-electron chi connectivity index (χ0n) is 13.0. The highest BCUT2D eigenvalue weighted by Crippen LogP contribution is 2.22. The quantitative estimate of drug-likeness (QED) is 0.677. The average molecular weight is 301 g/mol. The van der Waals surface area contributed by atoms with E-state index in [2.05, 4.69) is 12.2 Å². The first-order valence-electron chi connectivity index (χ1n) is 7.84. The van der Waals surface area contributed by atoms with E-state index in [1.807, 2.05) is 12.1 Å². The van der Waals surface area contributed by atoms with Crippen molar-refractivity contribution < 1.29 is 14.3 Å². The first kappa shape index (κ1) is 16.3. The summed E-state index contributed by atoms with van der Waals surface area (Å²) in [6, 6.07) is 10.6. The van der Waals surface area contributed by atoms with E-state index in [4.69, 9.17) is 9.52 Å². The molecule has 0 unspecified atom stereocenters. The number of unbranched alkanes of at least 4 members (excludes halogenated alkanes) is 3. The molecule has 4 heteroatoms. The Labute approximate surface area is 131 Å². The molecule has 0 spiro atoms. The minimum absolute atomic E-state index is 0.282. The molecule has 1 heterocycles. The fourth-order valence-corrected chi connectivity index (χ4v) is 2.29. The Balaban J connectivity index is 1.84. The van der Waals surface area contributed by atoms with E-state index in [0.717, 1.165) is 30.2 Å². The molecule has 1 aromatic heterocycles. The fraction of sp³-hybridized carbons (Fsp3) is 0.389. The van der Waals surface area contributed by atoms with Gasteiger partial charge in [0.2, 0.25) is 0 Å². The van der Waals surface area contributed by atoms with Gasteiger partial charge in [0.05, 0.1) is 12.1 Å². The molecule has 2 rings (SSSR count). The maximum Gasteiger partial charge on any atom is 0.335 e. The summed E-state index contributed by atoms with van der Waals surface area (Å²) in [5.41, 5.74) is 1.17. The van der Waals surface area contributed by atoms with Crippen molar-refractivity contribution in [3.05, 3.63) is 47.7 Å². The molecule has 0 aliphatic heterocycles. The SMILES string of the molecule is CCCCCCNCc1ccc(-c2ccc(C(=O)O)cc2)o1. The molecule has 0 saturated heterocycles. The zero-order valence-corrected chi connectivity index (χ0v) is 13.0. The smallest absolute Gasteiger partial charge is 0.335 e. The largest absolute Gasteiger partial charge is 0.478 e. The molecule has 0 bridgehead atoms. The van der Waals surface area contributed by atoms with E-state index >= 15 is 0 Å². The van der Waals surface area contributed by atoms with Crippen molar-refractivity contribution in [3.8, 4) is 11.3 Å². The number of nitrogens with one attached hydrogen (secondary N) is 1. The van der Waals surface area contributed by atoms with Gasteiger partial charge in [-0.1, -0.05) is 38.3 Å². The molecule has 118 valence electrons. The van der Waals surface area contributed by atoms with Crippen molar-refractivity contribution in [2.45, 2.75) is 39.2 Å². The summed E-state index contributed by atoms with van der Waals surface area (Å²) >= 11 is 0. The molecule has 4 nitrogen and oxygen atoms in total. The summed E-state index contributed by atoms with van der Waals surface area (Å²) in [7, 11) is 0. The molecule has 0 atom stereocenters. The van der Waals surface area contributed by atoms with Crippen LogP contribution in [-0.4, -0.2) is 17.6 Å². The van der Waals surface area contributed by atoms with Gasteiger partial charge in [-0.25, -0.2) is 4.79 Å². The van der Waals surface area contributed by atoms with E-state index in [0.29, 0.717) is 0 Å². The van der Waals surface area contributed by atoms with Crippen LogP contribution in [0.2, 0.25) is 0 Å². The van der Waals surface area contributed by atoms with Gasteiger partial charge in [-0.05, 0) is 37.2 Å². The van der Waals surface area contributed by atoms with Crippen LogP contribution >= 0.6 is 0 Å². The predicted octanol–water partition coefficient (Wildman–Crippen LogP) is 4.31. The van der Waals surface area contributed by atoms with Crippen LogP contribution in [0.15, 0.2) is 40.8 Å². The lowest BCUT2D eigenvalue weighted by molar-refractivity contribution is 0.0697. The Hall–Kier alpha value is -2.07. The van der Waals surface area contributed by atoms with Crippen molar-refractivity contribution in [2.24, 2.45) is 0 Å². The van der Waals surface area contributed by atoms with Gasteiger partial charge in [0.25, 0.3) is 0 Å². The van der Waals surface area contributed by atoms with Crippen molar-refractivity contribution in [1.82, 2.24) is 5.32 Å². The lowest BCUT2D eigenvalue weighted by Crippen LogP contribution is -2.14. The van der Waals surface area contributed by atoms with Gasteiger partial charge < -0.3 is 14.8 Å². The molecular formula is C18H23NO3. The topological polar surface area (TPSA) is 62.5 Å². The molecule has 0 aliphatic carbocycles. The Kier molecular flexibility index (Phi) is 6.22. The van der Waals surface area contributed by atoms with Crippen molar-refractivity contribution in [2.75, 3.05) is 6.54 Å². The van der Waals surface area contributed by atoms with Crippen molar-refractivity contribution >= 4 is 5.97 Å². The van der Waals surface area contributed by atoms with Gasteiger partial charge in [0.1, 0.15) is 11.5 Å². The maximum atomic E-state index is 10.8.